The lowest BCUT2D eigenvalue weighted by Crippen LogP contribution is -2.43. The van der Waals surface area contributed by atoms with Crippen LogP contribution in [-0.2, 0) is 11.2 Å². The number of hydrogen-bond acceptors (Lipinski definition) is 3. The maximum Gasteiger partial charge on any atom is 0.233 e. The van der Waals surface area contributed by atoms with E-state index in [1.165, 1.54) is 0 Å². The topological polar surface area (TPSA) is 68.3 Å². The molecule has 1 fully saturated rings. The fourth-order valence-corrected chi connectivity index (χ4v) is 2.25. The van der Waals surface area contributed by atoms with Gasteiger partial charge < -0.3 is 15.5 Å². The number of aryl methyl sites for hydroxylation is 1. The lowest BCUT2D eigenvalue weighted by Gasteiger charge is -2.18. The van der Waals surface area contributed by atoms with Crippen LogP contribution in [-0.4, -0.2) is 16.9 Å². The summed E-state index contributed by atoms with van der Waals surface area (Å²) in [6, 6.07) is 3.89. The Morgan fingerprint density at radius 2 is 2.39 bits per heavy atom. The van der Waals surface area contributed by atoms with Crippen LogP contribution in [0.2, 0.25) is 0 Å². The minimum atomic E-state index is -0.561. The van der Waals surface area contributed by atoms with Gasteiger partial charge in [0.15, 0.2) is 0 Å². The van der Waals surface area contributed by atoms with Crippen molar-refractivity contribution >= 4 is 23.1 Å². The summed E-state index contributed by atoms with van der Waals surface area (Å²) in [6.07, 6.45) is 4.87. The van der Waals surface area contributed by atoms with Crippen molar-refractivity contribution in [3.8, 4) is 0 Å². The largest absolute Gasteiger partial charge is 0.469 e. The molecule has 0 aliphatic heterocycles. The lowest BCUT2D eigenvalue weighted by atomic mass is 10.1. The van der Waals surface area contributed by atoms with Gasteiger partial charge >= 0.3 is 0 Å². The van der Waals surface area contributed by atoms with Crippen LogP contribution in [0.1, 0.15) is 31.9 Å². The third kappa shape index (κ3) is 2.72. The SMILES string of the molecule is CC(CCc1ccco1)NC(=O)C1(C(N)=S)CC1. The Morgan fingerprint density at radius 3 is 2.89 bits per heavy atom. The van der Waals surface area contributed by atoms with Crippen molar-refractivity contribution in [3.63, 3.8) is 0 Å². The molecular weight excluding hydrogens is 248 g/mol. The highest BCUT2D eigenvalue weighted by Gasteiger charge is 2.52. The Morgan fingerprint density at radius 1 is 1.67 bits per heavy atom. The van der Waals surface area contributed by atoms with Crippen molar-refractivity contribution in [2.24, 2.45) is 11.1 Å². The van der Waals surface area contributed by atoms with E-state index >= 15 is 0 Å². The molecule has 18 heavy (non-hydrogen) atoms. The quantitative estimate of drug-likeness (QED) is 0.770. The van der Waals surface area contributed by atoms with Gasteiger partial charge in [-0.25, -0.2) is 0 Å². The standard InChI is InChI=1S/C13H18N2O2S/c1-9(4-5-10-3-2-8-17-10)15-12(16)13(6-7-13)11(14)18/h2-3,8-9H,4-7H2,1H3,(H2,14,18)(H,15,16). The summed E-state index contributed by atoms with van der Waals surface area (Å²) in [5, 5.41) is 2.98. The molecule has 0 bridgehead atoms. The zero-order chi connectivity index (χ0) is 13.2. The summed E-state index contributed by atoms with van der Waals surface area (Å²) in [5.41, 5.74) is 5.05. The van der Waals surface area contributed by atoms with Gasteiger partial charge in [0.05, 0.1) is 16.7 Å². The van der Waals surface area contributed by atoms with Crippen molar-refractivity contribution in [2.75, 3.05) is 0 Å². The molecule has 1 atom stereocenters. The van der Waals surface area contributed by atoms with Crippen LogP contribution in [0.25, 0.3) is 0 Å². The summed E-state index contributed by atoms with van der Waals surface area (Å²) in [5.74, 6) is 0.911. The third-order valence-electron chi connectivity index (χ3n) is 3.44. The van der Waals surface area contributed by atoms with Crippen LogP contribution in [0, 0.1) is 5.41 Å². The first-order valence-electron chi connectivity index (χ1n) is 6.18. The van der Waals surface area contributed by atoms with E-state index in [-0.39, 0.29) is 11.9 Å². The Kier molecular flexibility index (Phi) is 3.71. The van der Waals surface area contributed by atoms with E-state index in [1.54, 1.807) is 6.26 Å². The molecular formula is C13H18N2O2S. The average molecular weight is 266 g/mol. The van der Waals surface area contributed by atoms with E-state index in [0.717, 1.165) is 31.4 Å². The summed E-state index contributed by atoms with van der Waals surface area (Å²) in [4.78, 5) is 12.4. The molecule has 1 aromatic rings. The number of amides is 1. The van der Waals surface area contributed by atoms with Crippen LogP contribution in [0.3, 0.4) is 0 Å². The molecule has 1 unspecified atom stereocenters. The molecule has 1 saturated carbocycles. The van der Waals surface area contributed by atoms with Gasteiger partial charge in [-0.2, -0.15) is 0 Å². The fraction of sp³-hybridized carbons (Fsp3) is 0.538. The third-order valence-corrected chi connectivity index (χ3v) is 3.83. The number of carbonyl (C=O) groups excluding carboxylic acids is 1. The van der Waals surface area contributed by atoms with Gasteiger partial charge in [-0.15, -0.1) is 0 Å². The average Bonchev–Trinajstić information content (AvgIpc) is 2.98. The Bertz CT molecular complexity index is 438. The number of nitrogens with one attached hydrogen (secondary N) is 1. The normalized spacial score (nSPS) is 18.1. The van der Waals surface area contributed by atoms with Crippen molar-refractivity contribution < 1.29 is 9.21 Å². The van der Waals surface area contributed by atoms with Crippen LogP contribution in [0.5, 0.6) is 0 Å². The molecule has 0 radical (unpaired) electrons. The van der Waals surface area contributed by atoms with Gasteiger partial charge in [0, 0.05) is 12.5 Å². The van der Waals surface area contributed by atoms with Gasteiger partial charge in [0.25, 0.3) is 0 Å². The van der Waals surface area contributed by atoms with Crippen molar-refractivity contribution in [2.45, 2.75) is 38.6 Å². The minimum absolute atomic E-state index is 0.0260. The Labute approximate surface area is 112 Å². The van der Waals surface area contributed by atoms with Gasteiger partial charge in [-0.1, -0.05) is 12.2 Å². The lowest BCUT2D eigenvalue weighted by molar-refractivity contribution is -0.124. The first kappa shape index (κ1) is 13.1. The Hall–Kier alpha value is -1.36. The zero-order valence-corrected chi connectivity index (χ0v) is 11.3. The number of furan rings is 1. The van der Waals surface area contributed by atoms with Crippen LogP contribution >= 0.6 is 12.2 Å². The second-order valence-corrected chi connectivity index (χ2v) is 5.38. The van der Waals surface area contributed by atoms with Gasteiger partial charge in [-0.05, 0) is 38.3 Å². The first-order chi connectivity index (χ1) is 8.54. The molecule has 4 nitrogen and oxygen atoms in total. The minimum Gasteiger partial charge on any atom is -0.469 e. The molecule has 1 aliphatic rings. The molecule has 1 aliphatic carbocycles. The maximum absolute atomic E-state index is 12.0. The number of carbonyl (C=O) groups is 1. The molecule has 0 spiro atoms. The molecule has 0 aromatic carbocycles. The van der Waals surface area contributed by atoms with Crippen LogP contribution in [0.15, 0.2) is 22.8 Å². The number of rotatable bonds is 6. The molecule has 1 amide bonds. The summed E-state index contributed by atoms with van der Waals surface area (Å²) in [7, 11) is 0. The highest BCUT2D eigenvalue weighted by atomic mass is 32.1. The van der Waals surface area contributed by atoms with Gasteiger partial charge in [-0.3, -0.25) is 4.79 Å². The molecule has 98 valence electrons. The molecule has 3 N–H and O–H groups in total. The van der Waals surface area contributed by atoms with E-state index < -0.39 is 5.41 Å². The summed E-state index contributed by atoms with van der Waals surface area (Å²) < 4.78 is 5.25. The molecule has 2 rings (SSSR count). The van der Waals surface area contributed by atoms with Crippen molar-refractivity contribution in [1.82, 2.24) is 5.32 Å². The maximum atomic E-state index is 12.0. The summed E-state index contributed by atoms with van der Waals surface area (Å²) >= 11 is 4.95. The Balaban J connectivity index is 1.79. The number of nitrogens with two attached hydrogens (primary N) is 1. The van der Waals surface area contributed by atoms with E-state index in [9.17, 15) is 4.79 Å². The zero-order valence-electron chi connectivity index (χ0n) is 10.4. The van der Waals surface area contributed by atoms with E-state index in [0.29, 0.717) is 4.99 Å². The predicted molar refractivity (Wildman–Crippen MR) is 73.1 cm³/mol. The molecule has 1 heterocycles. The van der Waals surface area contributed by atoms with E-state index in [4.69, 9.17) is 22.4 Å². The first-order valence-corrected chi connectivity index (χ1v) is 6.59. The second kappa shape index (κ2) is 5.10. The smallest absolute Gasteiger partial charge is 0.233 e. The second-order valence-electron chi connectivity index (χ2n) is 4.94. The summed E-state index contributed by atoms with van der Waals surface area (Å²) in [6.45, 7) is 1.98. The highest BCUT2D eigenvalue weighted by Crippen LogP contribution is 2.46. The van der Waals surface area contributed by atoms with Gasteiger partial charge in [0.1, 0.15) is 5.76 Å². The molecule has 5 heteroatoms. The van der Waals surface area contributed by atoms with Crippen molar-refractivity contribution in [3.05, 3.63) is 24.2 Å². The van der Waals surface area contributed by atoms with Gasteiger partial charge in [0.2, 0.25) is 5.91 Å². The monoisotopic (exact) mass is 266 g/mol. The highest BCUT2D eigenvalue weighted by molar-refractivity contribution is 7.80. The van der Waals surface area contributed by atoms with Crippen LogP contribution < -0.4 is 11.1 Å². The van der Waals surface area contributed by atoms with Crippen molar-refractivity contribution in [1.29, 1.82) is 0 Å². The molecule has 1 aromatic heterocycles. The predicted octanol–water partition coefficient (Wildman–Crippen LogP) is 1.78. The van der Waals surface area contributed by atoms with E-state index in [1.807, 2.05) is 19.1 Å². The van der Waals surface area contributed by atoms with Crippen LogP contribution in [0.4, 0.5) is 0 Å². The number of thiocarbonyl (C=S) groups is 1. The number of hydrogen-bond donors (Lipinski definition) is 2. The molecule has 0 saturated heterocycles. The van der Waals surface area contributed by atoms with E-state index in [2.05, 4.69) is 5.32 Å². The fourth-order valence-electron chi connectivity index (χ4n) is 1.96.